The van der Waals surface area contributed by atoms with Gasteiger partial charge in [0.15, 0.2) is 0 Å². The van der Waals surface area contributed by atoms with E-state index in [9.17, 15) is 19.8 Å². The molecule has 0 amide bonds. The maximum absolute atomic E-state index is 12.0. The maximum Gasteiger partial charge on any atom is 0.310 e. The molecule has 3 aliphatic heterocycles. The molecule has 3 heterocycles. The number of hydrogen-bond donors (Lipinski definition) is 2. The first-order chi connectivity index (χ1) is 13.0. The average molecular weight is 382 g/mol. The van der Waals surface area contributed by atoms with Crippen LogP contribution in [0.15, 0.2) is 0 Å². The van der Waals surface area contributed by atoms with Gasteiger partial charge in [-0.3, -0.25) is 9.59 Å². The molecule has 152 valence electrons. The minimum absolute atomic E-state index is 0.0944. The molecule has 7 nitrogen and oxygen atoms in total. The lowest BCUT2D eigenvalue weighted by Gasteiger charge is -2.48. The Morgan fingerprint density at radius 2 is 1.19 bits per heavy atom. The summed E-state index contributed by atoms with van der Waals surface area (Å²) in [4.78, 5) is 24.0. The summed E-state index contributed by atoms with van der Waals surface area (Å²) in [5, 5.41) is 19.6. The number of carboxylic acid groups (broad SMARTS) is 2. The molecule has 0 bridgehead atoms. The molecular weight excluding hydrogens is 352 g/mol. The minimum atomic E-state index is -1.22. The van der Waals surface area contributed by atoms with Gasteiger partial charge in [-0.05, 0) is 38.5 Å². The zero-order valence-corrected chi connectivity index (χ0v) is 15.7. The summed E-state index contributed by atoms with van der Waals surface area (Å²) in [5.41, 5.74) is -2.44. The topological polar surface area (TPSA) is 112 Å². The number of ether oxygens (including phenoxy) is 3. The lowest BCUT2D eigenvalue weighted by molar-refractivity contribution is -0.183. The number of fused-ring (bicyclic) bond motifs is 1. The first-order valence-corrected chi connectivity index (χ1v) is 10.3. The smallest absolute Gasteiger partial charge is 0.310 e. The van der Waals surface area contributed by atoms with Crippen LogP contribution in [0.4, 0.5) is 0 Å². The molecule has 0 radical (unpaired) electrons. The van der Waals surface area contributed by atoms with E-state index in [0.717, 1.165) is 12.8 Å². The quantitative estimate of drug-likeness (QED) is 0.679. The Morgan fingerprint density at radius 1 is 0.778 bits per heavy atom. The first kappa shape index (κ1) is 19.2. The second-order valence-corrected chi connectivity index (χ2v) is 8.80. The lowest BCUT2D eigenvalue weighted by Crippen LogP contribution is -2.55. The SMILES string of the molecule is C1CCC2OC2C1.O=C(O)C1(CC2CO2)CCCCC1(CC1CO1)C(=O)O. The van der Waals surface area contributed by atoms with Crippen molar-refractivity contribution in [2.75, 3.05) is 13.2 Å². The number of carboxylic acids is 2. The van der Waals surface area contributed by atoms with Crippen LogP contribution in [0.2, 0.25) is 0 Å². The van der Waals surface area contributed by atoms with Gasteiger partial charge in [-0.15, -0.1) is 0 Å². The second-order valence-electron chi connectivity index (χ2n) is 8.80. The van der Waals surface area contributed by atoms with Gasteiger partial charge in [0.25, 0.3) is 0 Å². The van der Waals surface area contributed by atoms with Gasteiger partial charge in [-0.25, -0.2) is 0 Å². The van der Waals surface area contributed by atoms with E-state index in [4.69, 9.17) is 14.2 Å². The summed E-state index contributed by atoms with van der Waals surface area (Å²) in [6.45, 7) is 1.09. The molecule has 5 fully saturated rings. The van der Waals surface area contributed by atoms with Crippen molar-refractivity contribution in [1.29, 1.82) is 0 Å². The summed E-state index contributed by atoms with van der Waals surface area (Å²) >= 11 is 0. The van der Waals surface area contributed by atoms with Gasteiger partial charge in [-0.1, -0.05) is 25.7 Å². The fourth-order valence-corrected chi connectivity index (χ4v) is 5.25. The molecule has 0 aromatic carbocycles. The minimum Gasteiger partial charge on any atom is -0.481 e. The van der Waals surface area contributed by atoms with Crippen molar-refractivity contribution in [3.8, 4) is 0 Å². The summed E-state index contributed by atoms with van der Waals surface area (Å²) < 4.78 is 15.7. The molecule has 5 aliphatic rings. The summed E-state index contributed by atoms with van der Waals surface area (Å²) in [7, 11) is 0. The molecule has 6 unspecified atom stereocenters. The molecule has 2 N–H and O–H groups in total. The third-order valence-corrected chi connectivity index (χ3v) is 7.06. The van der Waals surface area contributed by atoms with Crippen LogP contribution in [0.1, 0.15) is 64.2 Å². The number of aliphatic carboxylic acids is 2. The van der Waals surface area contributed by atoms with E-state index >= 15 is 0 Å². The molecule has 0 aromatic rings. The predicted molar refractivity (Wildman–Crippen MR) is 94.4 cm³/mol. The summed E-state index contributed by atoms with van der Waals surface area (Å²) in [6.07, 6.45) is 9.68. The highest BCUT2D eigenvalue weighted by atomic mass is 16.6. The molecular formula is C20H30O7. The van der Waals surface area contributed by atoms with Gasteiger partial charge in [0.2, 0.25) is 0 Å². The standard InChI is InChI=1S/C14H20O6.C6H10O/c15-11(16)13(5-9-7-19-9)3-1-2-4-14(13,12(17)18)6-10-8-20-10;1-2-4-6-5(3-1)7-6/h9-10H,1-8H2,(H,15,16)(H,17,18);5-6H,1-4H2. The van der Waals surface area contributed by atoms with Gasteiger partial charge in [-0.2, -0.15) is 0 Å². The van der Waals surface area contributed by atoms with Gasteiger partial charge in [0.05, 0.1) is 48.5 Å². The van der Waals surface area contributed by atoms with Crippen LogP contribution in [0, 0.1) is 10.8 Å². The molecule has 0 aromatic heterocycles. The van der Waals surface area contributed by atoms with Crippen LogP contribution in [0.25, 0.3) is 0 Å². The van der Waals surface area contributed by atoms with Crippen molar-refractivity contribution in [2.45, 2.75) is 88.6 Å². The van der Waals surface area contributed by atoms with E-state index in [2.05, 4.69) is 0 Å². The fraction of sp³-hybridized carbons (Fsp3) is 0.900. The number of carbonyl (C=O) groups is 2. The molecule has 0 spiro atoms. The van der Waals surface area contributed by atoms with Crippen LogP contribution in [0.5, 0.6) is 0 Å². The fourth-order valence-electron chi connectivity index (χ4n) is 5.25. The van der Waals surface area contributed by atoms with Crippen LogP contribution in [-0.2, 0) is 23.8 Å². The van der Waals surface area contributed by atoms with Crippen LogP contribution >= 0.6 is 0 Å². The van der Waals surface area contributed by atoms with Crippen molar-refractivity contribution >= 4 is 11.9 Å². The third-order valence-electron chi connectivity index (χ3n) is 7.06. The zero-order valence-electron chi connectivity index (χ0n) is 15.7. The Balaban J connectivity index is 0.000000213. The van der Waals surface area contributed by atoms with Gasteiger partial charge in [0.1, 0.15) is 0 Å². The highest BCUT2D eigenvalue weighted by molar-refractivity contribution is 5.87. The van der Waals surface area contributed by atoms with Crippen molar-refractivity contribution < 1.29 is 34.0 Å². The molecule has 6 atom stereocenters. The lowest BCUT2D eigenvalue weighted by atomic mass is 9.52. The van der Waals surface area contributed by atoms with E-state index in [1.165, 1.54) is 25.7 Å². The number of rotatable bonds is 6. The van der Waals surface area contributed by atoms with Crippen LogP contribution < -0.4 is 0 Å². The van der Waals surface area contributed by atoms with Gasteiger partial charge >= 0.3 is 11.9 Å². The monoisotopic (exact) mass is 382 g/mol. The largest absolute Gasteiger partial charge is 0.481 e. The van der Waals surface area contributed by atoms with Crippen molar-refractivity contribution in [3.05, 3.63) is 0 Å². The van der Waals surface area contributed by atoms with Gasteiger partial charge in [0, 0.05) is 0 Å². The van der Waals surface area contributed by atoms with Crippen molar-refractivity contribution in [1.82, 2.24) is 0 Å². The third kappa shape index (κ3) is 3.87. The molecule has 7 heteroatoms. The van der Waals surface area contributed by atoms with E-state index in [1.807, 2.05) is 0 Å². The van der Waals surface area contributed by atoms with Gasteiger partial charge < -0.3 is 24.4 Å². The van der Waals surface area contributed by atoms with E-state index in [0.29, 0.717) is 51.1 Å². The molecule has 2 aliphatic carbocycles. The predicted octanol–water partition coefficient (Wildman–Crippen LogP) is 2.61. The Morgan fingerprint density at radius 3 is 1.48 bits per heavy atom. The molecule has 27 heavy (non-hydrogen) atoms. The van der Waals surface area contributed by atoms with Crippen molar-refractivity contribution in [2.24, 2.45) is 10.8 Å². The second kappa shape index (κ2) is 7.33. The number of hydrogen-bond acceptors (Lipinski definition) is 5. The molecule has 3 saturated heterocycles. The first-order valence-electron chi connectivity index (χ1n) is 10.3. The highest BCUT2D eigenvalue weighted by Crippen LogP contribution is 2.58. The zero-order chi connectivity index (χ0) is 19.1. The Labute approximate surface area is 159 Å². The van der Waals surface area contributed by atoms with Crippen LogP contribution in [0.3, 0.4) is 0 Å². The van der Waals surface area contributed by atoms with E-state index < -0.39 is 22.8 Å². The average Bonchev–Trinajstić information content (AvgIpc) is 3.51. The number of epoxide rings is 3. The van der Waals surface area contributed by atoms with E-state index in [1.54, 1.807) is 0 Å². The maximum atomic E-state index is 12.0. The van der Waals surface area contributed by atoms with Crippen molar-refractivity contribution in [3.63, 3.8) is 0 Å². The summed E-state index contributed by atoms with van der Waals surface area (Å²) in [6, 6.07) is 0. The van der Waals surface area contributed by atoms with E-state index in [-0.39, 0.29) is 12.2 Å². The summed E-state index contributed by atoms with van der Waals surface area (Å²) in [5.74, 6) is -1.98. The normalized spacial score (nSPS) is 44.3. The Bertz CT molecular complexity index is 535. The Kier molecular flexibility index (Phi) is 5.20. The van der Waals surface area contributed by atoms with Crippen LogP contribution in [-0.4, -0.2) is 59.8 Å². The molecule has 2 saturated carbocycles. The molecule has 5 rings (SSSR count). The highest BCUT2D eigenvalue weighted by Gasteiger charge is 2.64. The Hall–Kier alpha value is -1.18.